The molecular weight excluding hydrogens is 272 g/mol. The van der Waals surface area contributed by atoms with E-state index in [1.807, 2.05) is 0 Å². The van der Waals surface area contributed by atoms with E-state index < -0.39 is 11.2 Å². The fourth-order valence-corrected chi connectivity index (χ4v) is 3.49. The second-order valence-electron chi connectivity index (χ2n) is 5.28. The Morgan fingerprint density at radius 1 is 1.25 bits per heavy atom. The Kier molecular flexibility index (Phi) is 4.45. The molecule has 0 aromatic heterocycles. The van der Waals surface area contributed by atoms with Crippen LogP contribution in [0.5, 0.6) is 11.5 Å². The van der Waals surface area contributed by atoms with E-state index in [9.17, 15) is 14.8 Å². The van der Waals surface area contributed by atoms with Crippen molar-refractivity contribution in [1.82, 2.24) is 0 Å². The zero-order valence-corrected chi connectivity index (χ0v) is 12.8. The van der Waals surface area contributed by atoms with Crippen molar-refractivity contribution in [3.05, 3.63) is 29.8 Å². The highest BCUT2D eigenvalue weighted by molar-refractivity contribution is 7.91. The maximum atomic E-state index is 12.3. The summed E-state index contributed by atoms with van der Waals surface area (Å²) in [5.41, 5.74) is 0.464. The molecule has 0 heterocycles. The van der Waals surface area contributed by atoms with Crippen LogP contribution in [-0.4, -0.2) is 20.5 Å². The third-order valence-corrected chi connectivity index (χ3v) is 5.36. The molecule has 2 N–H and O–H groups in total. The van der Waals surface area contributed by atoms with Gasteiger partial charge in [-0.05, 0) is 48.1 Å². The van der Waals surface area contributed by atoms with Gasteiger partial charge in [0.2, 0.25) is 0 Å². The van der Waals surface area contributed by atoms with E-state index in [-0.39, 0.29) is 11.5 Å². The van der Waals surface area contributed by atoms with Gasteiger partial charge in [-0.1, -0.05) is 13.8 Å². The van der Waals surface area contributed by atoms with Gasteiger partial charge in [0.05, 0.1) is 0 Å². The largest absolute Gasteiger partial charge is 0.611 e. The molecule has 2 unspecified atom stereocenters. The molecule has 0 fully saturated rings. The number of phenolic OH excluding ortho intramolecular Hbond substituents is 2. The van der Waals surface area contributed by atoms with Gasteiger partial charge in [-0.25, -0.2) is 0 Å². The van der Waals surface area contributed by atoms with Crippen LogP contribution in [0.4, 0.5) is 0 Å². The van der Waals surface area contributed by atoms with Gasteiger partial charge in [0.1, 0.15) is 17.3 Å². The van der Waals surface area contributed by atoms with E-state index in [4.69, 9.17) is 0 Å². The van der Waals surface area contributed by atoms with Gasteiger partial charge in [0.25, 0.3) is 0 Å². The summed E-state index contributed by atoms with van der Waals surface area (Å²) in [6.45, 7) is 5.83. The minimum Gasteiger partial charge on any atom is -0.611 e. The summed E-state index contributed by atoms with van der Waals surface area (Å²) in [6, 6.07) is 6.94. The third kappa shape index (κ3) is 2.86. The minimum atomic E-state index is -1.05. The summed E-state index contributed by atoms with van der Waals surface area (Å²) >= 11 is -1.05. The zero-order valence-electron chi connectivity index (χ0n) is 12.0. The van der Waals surface area contributed by atoms with Crippen molar-refractivity contribution < 1.29 is 14.8 Å². The number of fused-ring (bicyclic) bond motifs is 1. The highest BCUT2D eigenvalue weighted by Gasteiger charge is 2.17. The summed E-state index contributed by atoms with van der Waals surface area (Å²) < 4.78 is 12.3. The van der Waals surface area contributed by atoms with Crippen LogP contribution in [0.25, 0.3) is 10.8 Å². The molecule has 0 spiro atoms. The lowest BCUT2D eigenvalue weighted by Crippen LogP contribution is -2.13. The maximum absolute atomic E-state index is 12.3. The molecule has 2 atom stereocenters. The Hall–Kier alpha value is -1.39. The topological polar surface area (TPSA) is 63.5 Å². The molecule has 3 nitrogen and oxygen atoms in total. The zero-order chi connectivity index (χ0) is 14.9. The summed E-state index contributed by atoms with van der Waals surface area (Å²) in [6.07, 6.45) is 1.00. The van der Waals surface area contributed by atoms with E-state index in [1.165, 1.54) is 0 Å². The average molecular weight is 292 g/mol. The second kappa shape index (κ2) is 5.94. The smallest absolute Gasteiger partial charge is 0.153 e. The molecule has 0 bridgehead atoms. The highest BCUT2D eigenvalue weighted by Crippen LogP contribution is 2.35. The summed E-state index contributed by atoms with van der Waals surface area (Å²) in [5.74, 6) is 1.18. The van der Waals surface area contributed by atoms with Crippen molar-refractivity contribution >= 4 is 21.9 Å². The molecule has 0 radical (unpaired) electrons. The first kappa shape index (κ1) is 15.0. The normalized spacial score (nSPS) is 14.4. The van der Waals surface area contributed by atoms with Crippen molar-refractivity contribution in [3.63, 3.8) is 0 Å². The van der Waals surface area contributed by atoms with Crippen LogP contribution < -0.4 is 0 Å². The summed E-state index contributed by atoms with van der Waals surface area (Å²) in [4.78, 5) is 0.737. The third-order valence-electron chi connectivity index (χ3n) is 3.71. The van der Waals surface area contributed by atoms with Gasteiger partial charge >= 0.3 is 0 Å². The van der Waals surface area contributed by atoms with Gasteiger partial charge in [-0.3, -0.25) is 0 Å². The number of hydrogen-bond acceptors (Lipinski definition) is 3. The highest BCUT2D eigenvalue weighted by atomic mass is 32.2. The standard InChI is InChI=1S/C16H20O3S/c1-4-10(2)9-20(19)13-5-6-14-12(7-13)8-15(17)11(3)16(14)18/h5-8,10,17-18H,4,9H2,1-3H3. The number of aromatic hydroxyl groups is 2. The molecule has 0 aliphatic carbocycles. The first-order valence-electron chi connectivity index (χ1n) is 6.77. The number of benzene rings is 2. The van der Waals surface area contributed by atoms with Crippen LogP contribution in [0, 0.1) is 12.8 Å². The Bertz CT molecular complexity index is 625. The molecule has 2 rings (SSSR count). The van der Waals surface area contributed by atoms with E-state index in [2.05, 4.69) is 13.8 Å². The maximum Gasteiger partial charge on any atom is 0.153 e. The van der Waals surface area contributed by atoms with Gasteiger partial charge in [-0.2, -0.15) is 0 Å². The fraction of sp³-hybridized carbons (Fsp3) is 0.375. The van der Waals surface area contributed by atoms with Crippen LogP contribution >= 0.6 is 0 Å². The Morgan fingerprint density at radius 3 is 2.60 bits per heavy atom. The number of rotatable bonds is 4. The summed E-state index contributed by atoms with van der Waals surface area (Å²) in [5, 5.41) is 21.2. The molecular formula is C16H20O3S. The Balaban J connectivity index is 2.41. The number of hydrogen-bond donors (Lipinski definition) is 2. The van der Waals surface area contributed by atoms with Crippen molar-refractivity contribution in [2.45, 2.75) is 32.1 Å². The molecule has 0 amide bonds. The van der Waals surface area contributed by atoms with Crippen molar-refractivity contribution in [2.75, 3.05) is 5.75 Å². The van der Waals surface area contributed by atoms with Crippen molar-refractivity contribution in [1.29, 1.82) is 0 Å². The molecule has 0 aliphatic heterocycles. The van der Waals surface area contributed by atoms with E-state index in [0.29, 0.717) is 28.0 Å². The lowest BCUT2D eigenvalue weighted by Gasteiger charge is -2.15. The van der Waals surface area contributed by atoms with Gasteiger partial charge in [0.15, 0.2) is 4.90 Å². The first-order valence-corrected chi connectivity index (χ1v) is 8.09. The second-order valence-corrected chi connectivity index (χ2v) is 6.77. The van der Waals surface area contributed by atoms with Crippen molar-refractivity contribution in [3.8, 4) is 11.5 Å². The van der Waals surface area contributed by atoms with E-state index in [0.717, 1.165) is 11.3 Å². The lowest BCUT2D eigenvalue weighted by molar-refractivity contribution is 0.448. The monoisotopic (exact) mass is 292 g/mol. The van der Waals surface area contributed by atoms with Crippen LogP contribution in [0.15, 0.2) is 29.2 Å². The molecule has 4 heteroatoms. The van der Waals surface area contributed by atoms with Crippen LogP contribution in [0.3, 0.4) is 0 Å². The predicted molar refractivity (Wildman–Crippen MR) is 82.7 cm³/mol. The SMILES string of the molecule is CCC(C)C[S+]([O-])c1ccc2c(O)c(C)c(O)cc2c1. The Morgan fingerprint density at radius 2 is 1.95 bits per heavy atom. The summed E-state index contributed by atoms with van der Waals surface area (Å²) in [7, 11) is 0. The molecule has 20 heavy (non-hydrogen) atoms. The minimum absolute atomic E-state index is 0.0554. The van der Waals surface area contributed by atoms with E-state index in [1.54, 1.807) is 31.2 Å². The molecule has 0 saturated carbocycles. The first-order chi connectivity index (χ1) is 9.43. The average Bonchev–Trinajstić information content (AvgIpc) is 2.44. The Labute approximate surface area is 122 Å². The predicted octanol–water partition coefficient (Wildman–Crippen LogP) is 3.71. The van der Waals surface area contributed by atoms with Crippen LogP contribution in [-0.2, 0) is 11.2 Å². The molecule has 2 aromatic carbocycles. The molecule has 2 aromatic rings. The van der Waals surface area contributed by atoms with Gasteiger partial charge in [-0.15, -0.1) is 0 Å². The quantitative estimate of drug-likeness (QED) is 0.844. The van der Waals surface area contributed by atoms with Crippen LogP contribution in [0.1, 0.15) is 25.8 Å². The van der Waals surface area contributed by atoms with Crippen molar-refractivity contribution in [2.24, 2.45) is 5.92 Å². The van der Waals surface area contributed by atoms with E-state index >= 15 is 0 Å². The molecule has 108 valence electrons. The van der Waals surface area contributed by atoms with Gasteiger partial charge in [0, 0.05) is 22.9 Å². The lowest BCUT2D eigenvalue weighted by atomic mass is 10.1. The number of phenols is 2. The fourth-order valence-electron chi connectivity index (χ4n) is 2.07. The molecule has 0 aliphatic rings. The molecule has 0 saturated heterocycles. The van der Waals surface area contributed by atoms with Gasteiger partial charge < -0.3 is 14.8 Å². The van der Waals surface area contributed by atoms with Crippen LogP contribution in [0.2, 0.25) is 0 Å².